The first kappa shape index (κ1) is 21.3. The van der Waals surface area contributed by atoms with Gasteiger partial charge in [-0.05, 0) is 12.1 Å². The van der Waals surface area contributed by atoms with Crippen LogP contribution in [0.25, 0.3) is 0 Å². The molecule has 0 spiro atoms. The number of alkyl halides is 3. The smallest absolute Gasteiger partial charge is 0.415 e. The molecule has 0 bridgehead atoms. The third-order valence-corrected chi connectivity index (χ3v) is 4.83. The Labute approximate surface area is 179 Å². The summed E-state index contributed by atoms with van der Waals surface area (Å²) < 4.78 is 44.9. The van der Waals surface area contributed by atoms with Gasteiger partial charge in [-0.25, -0.2) is 14.6 Å². The summed E-state index contributed by atoms with van der Waals surface area (Å²) in [5.74, 6) is 0.0119. The Morgan fingerprint density at radius 2 is 1.81 bits per heavy atom. The molecule has 0 atom stereocenters. The molecule has 0 aromatic carbocycles. The fraction of sp³-hybridized carbons (Fsp3) is 0.333. The lowest BCUT2D eigenvalue weighted by atomic mass is 10.3. The van der Waals surface area contributed by atoms with Crippen LogP contribution < -0.4 is 14.5 Å². The van der Waals surface area contributed by atoms with Crippen molar-refractivity contribution >= 4 is 17.3 Å². The first-order chi connectivity index (χ1) is 15.2. The number of pyridine rings is 1. The standard InChI is InChI=1S/C18H17F3N8O3/c1-26-14(10-12(25-26)18(19,20)21)32-17-15(29(30)31)16(23-11-24-17)28-8-6-27(7-9-28)13-4-2-3-5-22-13/h2-5,10-11H,6-9H2,1H3. The van der Waals surface area contributed by atoms with E-state index in [9.17, 15) is 23.3 Å². The molecule has 4 rings (SSSR count). The molecular formula is C18H17F3N8O3. The number of nitrogens with zero attached hydrogens (tertiary/aromatic N) is 8. The predicted molar refractivity (Wildman–Crippen MR) is 106 cm³/mol. The van der Waals surface area contributed by atoms with Crippen molar-refractivity contribution < 1.29 is 22.8 Å². The summed E-state index contributed by atoms with van der Waals surface area (Å²) in [4.78, 5) is 27.0. The lowest BCUT2D eigenvalue weighted by molar-refractivity contribution is -0.385. The van der Waals surface area contributed by atoms with E-state index in [1.54, 1.807) is 11.1 Å². The zero-order valence-corrected chi connectivity index (χ0v) is 16.7. The molecule has 3 aromatic rings. The quantitative estimate of drug-likeness (QED) is 0.427. The van der Waals surface area contributed by atoms with E-state index in [2.05, 4.69) is 20.1 Å². The van der Waals surface area contributed by atoms with Crippen molar-refractivity contribution in [1.82, 2.24) is 24.7 Å². The van der Waals surface area contributed by atoms with Gasteiger partial charge in [0, 0.05) is 45.5 Å². The second-order valence-electron chi connectivity index (χ2n) is 6.86. The fourth-order valence-electron chi connectivity index (χ4n) is 3.29. The maximum absolute atomic E-state index is 12.9. The SMILES string of the molecule is Cn1nc(C(F)(F)F)cc1Oc1ncnc(N2CCN(c3ccccn3)CC2)c1[N+](=O)[O-]. The lowest BCUT2D eigenvalue weighted by Crippen LogP contribution is -2.47. The summed E-state index contributed by atoms with van der Waals surface area (Å²) in [6.07, 6.45) is -1.93. The van der Waals surface area contributed by atoms with E-state index >= 15 is 0 Å². The van der Waals surface area contributed by atoms with Crippen molar-refractivity contribution in [1.29, 1.82) is 0 Å². The monoisotopic (exact) mass is 450 g/mol. The summed E-state index contributed by atoms with van der Waals surface area (Å²) >= 11 is 0. The van der Waals surface area contributed by atoms with Crippen molar-refractivity contribution in [2.24, 2.45) is 7.05 Å². The number of piperazine rings is 1. The van der Waals surface area contributed by atoms with E-state index < -0.39 is 28.4 Å². The summed E-state index contributed by atoms with van der Waals surface area (Å²) in [5.41, 5.74) is -1.72. The first-order valence-electron chi connectivity index (χ1n) is 9.43. The highest BCUT2D eigenvalue weighted by Gasteiger charge is 2.36. The van der Waals surface area contributed by atoms with Gasteiger partial charge < -0.3 is 14.5 Å². The Morgan fingerprint density at radius 3 is 2.41 bits per heavy atom. The molecule has 1 saturated heterocycles. The van der Waals surface area contributed by atoms with Crippen LogP contribution in [-0.4, -0.2) is 55.8 Å². The van der Waals surface area contributed by atoms with Crippen LogP contribution in [0.4, 0.5) is 30.5 Å². The summed E-state index contributed by atoms with van der Waals surface area (Å²) in [6.45, 7) is 1.92. The summed E-state index contributed by atoms with van der Waals surface area (Å²) in [5, 5.41) is 15.1. The zero-order chi connectivity index (χ0) is 22.9. The number of aryl methyl sites for hydroxylation is 1. The molecule has 1 fully saturated rings. The number of halogens is 3. The largest absolute Gasteiger partial charge is 0.435 e. The number of ether oxygens (including phenoxy) is 1. The highest BCUT2D eigenvalue weighted by Crippen LogP contribution is 2.38. The van der Waals surface area contributed by atoms with Crippen LogP contribution in [0.5, 0.6) is 11.8 Å². The molecule has 1 aliphatic rings. The van der Waals surface area contributed by atoms with Crippen LogP contribution in [0.2, 0.25) is 0 Å². The number of aromatic nitrogens is 5. The Hall–Kier alpha value is -3.97. The van der Waals surface area contributed by atoms with E-state index in [1.165, 1.54) is 7.05 Å². The molecule has 0 N–H and O–H groups in total. The van der Waals surface area contributed by atoms with Crippen LogP contribution >= 0.6 is 0 Å². The Bertz CT molecular complexity index is 1110. The van der Waals surface area contributed by atoms with Gasteiger partial charge in [0.15, 0.2) is 5.69 Å². The van der Waals surface area contributed by atoms with E-state index in [4.69, 9.17) is 4.74 Å². The van der Waals surface area contributed by atoms with Crippen LogP contribution in [0.1, 0.15) is 5.69 Å². The third-order valence-electron chi connectivity index (χ3n) is 4.83. The fourth-order valence-corrected chi connectivity index (χ4v) is 3.29. The van der Waals surface area contributed by atoms with Crippen LogP contribution in [0.15, 0.2) is 36.8 Å². The van der Waals surface area contributed by atoms with Gasteiger partial charge in [-0.2, -0.15) is 23.3 Å². The van der Waals surface area contributed by atoms with Crippen molar-refractivity contribution in [2.75, 3.05) is 36.0 Å². The van der Waals surface area contributed by atoms with Gasteiger partial charge in [0.1, 0.15) is 12.1 Å². The maximum atomic E-state index is 12.9. The van der Waals surface area contributed by atoms with Crippen LogP contribution in [0.3, 0.4) is 0 Å². The molecule has 3 aromatic heterocycles. The lowest BCUT2D eigenvalue weighted by Gasteiger charge is -2.35. The zero-order valence-electron chi connectivity index (χ0n) is 16.7. The van der Waals surface area contributed by atoms with E-state index in [0.717, 1.165) is 16.8 Å². The molecule has 32 heavy (non-hydrogen) atoms. The van der Waals surface area contributed by atoms with Crippen molar-refractivity contribution in [2.45, 2.75) is 6.18 Å². The average Bonchev–Trinajstić information content (AvgIpc) is 3.15. The van der Waals surface area contributed by atoms with Gasteiger partial charge in [0.05, 0.1) is 4.92 Å². The number of anilines is 2. The van der Waals surface area contributed by atoms with Crippen LogP contribution in [-0.2, 0) is 13.2 Å². The summed E-state index contributed by atoms with van der Waals surface area (Å²) in [6, 6.07) is 6.21. The van der Waals surface area contributed by atoms with Gasteiger partial charge in [0.2, 0.25) is 11.7 Å². The van der Waals surface area contributed by atoms with Crippen molar-refractivity contribution in [3.05, 3.63) is 52.6 Å². The molecule has 168 valence electrons. The topological polar surface area (TPSA) is 115 Å². The molecular weight excluding hydrogens is 433 g/mol. The average molecular weight is 450 g/mol. The maximum Gasteiger partial charge on any atom is 0.435 e. The molecule has 4 heterocycles. The van der Waals surface area contributed by atoms with E-state index in [0.29, 0.717) is 32.2 Å². The van der Waals surface area contributed by atoms with Gasteiger partial charge in [-0.1, -0.05) is 6.07 Å². The van der Waals surface area contributed by atoms with Crippen molar-refractivity contribution in [3.63, 3.8) is 0 Å². The molecule has 0 aliphatic carbocycles. The molecule has 0 radical (unpaired) electrons. The predicted octanol–water partition coefficient (Wildman–Crippen LogP) is 2.65. The third kappa shape index (κ3) is 4.24. The van der Waals surface area contributed by atoms with Crippen LogP contribution in [0, 0.1) is 10.1 Å². The van der Waals surface area contributed by atoms with Gasteiger partial charge in [-0.3, -0.25) is 10.1 Å². The van der Waals surface area contributed by atoms with E-state index in [1.807, 2.05) is 23.1 Å². The van der Waals surface area contributed by atoms with Gasteiger partial charge in [-0.15, -0.1) is 0 Å². The molecule has 0 amide bonds. The highest BCUT2D eigenvalue weighted by molar-refractivity contribution is 5.64. The van der Waals surface area contributed by atoms with Gasteiger partial charge >= 0.3 is 17.7 Å². The molecule has 0 saturated carbocycles. The molecule has 14 heteroatoms. The normalized spacial score (nSPS) is 14.5. The molecule has 0 unspecified atom stereocenters. The Morgan fingerprint density at radius 1 is 1.09 bits per heavy atom. The highest BCUT2D eigenvalue weighted by atomic mass is 19.4. The first-order valence-corrected chi connectivity index (χ1v) is 9.43. The van der Waals surface area contributed by atoms with Crippen molar-refractivity contribution in [3.8, 4) is 11.8 Å². The number of hydrogen-bond donors (Lipinski definition) is 0. The van der Waals surface area contributed by atoms with Gasteiger partial charge in [0.25, 0.3) is 0 Å². The minimum Gasteiger partial charge on any atom is -0.415 e. The number of hydrogen-bond acceptors (Lipinski definition) is 9. The number of nitro groups is 1. The minimum atomic E-state index is -4.69. The molecule has 1 aliphatic heterocycles. The second kappa shape index (κ2) is 8.28. The van der Waals surface area contributed by atoms with E-state index in [-0.39, 0.29) is 11.7 Å². The second-order valence-corrected chi connectivity index (χ2v) is 6.86. The minimum absolute atomic E-state index is 0.0267. The Kier molecular flexibility index (Phi) is 5.50. The Balaban J connectivity index is 1.58. The molecule has 11 nitrogen and oxygen atoms in total. The number of rotatable bonds is 5. The summed E-state index contributed by atoms with van der Waals surface area (Å²) in [7, 11) is 1.23.